The molecule has 0 atom stereocenters. The Morgan fingerprint density at radius 1 is 1.19 bits per heavy atom. The second-order valence-electron chi connectivity index (χ2n) is 6.41. The summed E-state index contributed by atoms with van der Waals surface area (Å²) < 4.78 is 7.03. The van der Waals surface area contributed by atoms with Gasteiger partial charge in [-0.1, -0.05) is 41.9 Å². The van der Waals surface area contributed by atoms with Crippen LogP contribution in [0.1, 0.15) is 30.0 Å². The number of ether oxygens (including phenoxy) is 1. The molecule has 6 nitrogen and oxygen atoms in total. The Kier molecular flexibility index (Phi) is 4.75. The van der Waals surface area contributed by atoms with Gasteiger partial charge in [0.05, 0.1) is 6.20 Å². The van der Waals surface area contributed by atoms with Crippen LogP contribution in [0, 0.1) is 0 Å². The first-order chi connectivity index (χ1) is 12.7. The minimum Gasteiger partial charge on any atom is -0.445 e. The molecule has 4 rings (SSSR count). The van der Waals surface area contributed by atoms with Crippen LogP contribution in [-0.2, 0) is 11.3 Å². The molecule has 2 aromatic heterocycles. The highest BCUT2D eigenvalue weighted by Crippen LogP contribution is 2.29. The lowest BCUT2D eigenvalue weighted by Crippen LogP contribution is -2.38. The molecular weight excluding hydrogens is 352 g/mol. The lowest BCUT2D eigenvalue weighted by Gasteiger charge is -2.31. The van der Waals surface area contributed by atoms with Crippen LogP contribution in [0.3, 0.4) is 0 Å². The van der Waals surface area contributed by atoms with Gasteiger partial charge >= 0.3 is 6.09 Å². The summed E-state index contributed by atoms with van der Waals surface area (Å²) in [5.41, 5.74) is 2.70. The Balaban J connectivity index is 1.35. The number of carbonyl (C=O) groups is 1. The number of benzene rings is 1. The normalized spacial score (nSPS) is 15.3. The van der Waals surface area contributed by atoms with Crippen molar-refractivity contribution in [3.63, 3.8) is 0 Å². The highest BCUT2D eigenvalue weighted by atomic mass is 35.5. The van der Waals surface area contributed by atoms with Crippen LogP contribution in [0.25, 0.3) is 5.65 Å². The van der Waals surface area contributed by atoms with Crippen molar-refractivity contribution < 1.29 is 9.53 Å². The third kappa shape index (κ3) is 3.51. The van der Waals surface area contributed by atoms with E-state index in [1.54, 1.807) is 15.6 Å². The van der Waals surface area contributed by atoms with E-state index >= 15 is 0 Å². The number of halogens is 1. The van der Waals surface area contributed by atoms with Gasteiger partial charge in [-0.05, 0) is 24.5 Å². The monoisotopic (exact) mass is 370 g/mol. The highest BCUT2D eigenvalue weighted by molar-refractivity contribution is 6.29. The van der Waals surface area contributed by atoms with E-state index < -0.39 is 0 Å². The summed E-state index contributed by atoms with van der Waals surface area (Å²) in [5.74, 6) is 0.283. The van der Waals surface area contributed by atoms with Gasteiger partial charge in [-0.25, -0.2) is 14.3 Å². The summed E-state index contributed by atoms with van der Waals surface area (Å²) in [6.45, 7) is 1.61. The summed E-state index contributed by atoms with van der Waals surface area (Å²) in [4.78, 5) is 18.7. The summed E-state index contributed by atoms with van der Waals surface area (Å²) in [6, 6.07) is 13.4. The molecule has 3 heterocycles. The molecule has 1 aliphatic rings. The zero-order valence-electron chi connectivity index (χ0n) is 14.2. The third-order valence-electron chi connectivity index (χ3n) is 4.71. The molecule has 1 aliphatic heterocycles. The SMILES string of the molecule is O=C(OCc1ccccc1)N1CCC(c2cc(Cl)n3nccc3n2)CC1. The average molecular weight is 371 g/mol. The standard InChI is InChI=1S/C19H19ClN4O2/c20-17-12-16(22-18-6-9-21-24(17)18)15-7-10-23(11-8-15)19(25)26-13-14-4-2-1-3-5-14/h1-6,9,12,15H,7-8,10-11,13H2. The molecule has 1 aromatic carbocycles. The largest absolute Gasteiger partial charge is 0.445 e. The van der Waals surface area contributed by atoms with Gasteiger partial charge < -0.3 is 9.64 Å². The first kappa shape index (κ1) is 16.8. The first-order valence-electron chi connectivity index (χ1n) is 8.66. The molecule has 0 unspecified atom stereocenters. The number of aromatic nitrogens is 3. The van der Waals surface area contributed by atoms with Gasteiger partial charge in [-0.2, -0.15) is 5.10 Å². The van der Waals surface area contributed by atoms with E-state index in [2.05, 4.69) is 10.1 Å². The van der Waals surface area contributed by atoms with Gasteiger partial charge in [-0.3, -0.25) is 0 Å². The summed E-state index contributed by atoms with van der Waals surface area (Å²) >= 11 is 6.28. The molecule has 1 amide bonds. The Morgan fingerprint density at radius 3 is 2.73 bits per heavy atom. The van der Waals surface area contributed by atoms with Gasteiger partial charge in [0, 0.05) is 30.8 Å². The van der Waals surface area contributed by atoms with E-state index in [0.717, 1.165) is 29.7 Å². The van der Waals surface area contributed by atoms with Gasteiger partial charge in [0.2, 0.25) is 0 Å². The maximum absolute atomic E-state index is 12.3. The number of hydrogen-bond acceptors (Lipinski definition) is 4. The van der Waals surface area contributed by atoms with Crippen molar-refractivity contribution in [2.24, 2.45) is 0 Å². The molecule has 0 aliphatic carbocycles. The second-order valence-corrected chi connectivity index (χ2v) is 6.79. The van der Waals surface area contributed by atoms with Gasteiger partial charge in [0.15, 0.2) is 5.65 Å². The molecule has 26 heavy (non-hydrogen) atoms. The van der Waals surface area contributed by atoms with Gasteiger partial charge in [0.1, 0.15) is 11.8 Å². The Hall–Kier alpha value is -2.60. The number of carbonyl (C=O) groups excluding carboxylic acids is 1. The van der Waals surface area contributed by atoms with E-state index in [0.29, 0.717) is 24.8 Å². The third-order valence-corrected chi connectivity index (χ3v) is 4.98. The molecule has 0 bridgehead atoms. The molecule has 1 fully saturated rings. The predicted octanol–water partition coefficient (Wildman–Crippen LogP) is 3.90. The fraction of sp³-hybridized carbons (Fsp3) is 0.316. The van der Waals surface area contributed by atoms with E-state index in [1.165, 1.54) is 0 Å². The minimum absolute atomic E-state index is 0.260. The fourth-order valence-corrected chi connectivity index (χ4v) is 3.51. The summed E-state index contributed by atoms with van der Waals surface area (Å²) in [6.07, 6.45) is 3.11. The number of likely N-dealkylation sites (tertiary alicyclic amines) is 1. The van der Waals surface area contributed by atoms with E-state index in [9.17, 15) is 4.79 Å². The molecule has 0 N–H and O–H groups in total. The second kappa shape index (κ2) is 7.33. The highest BCUT2D eigenvalue weighted by Gasteiger charge is 2.26. The van der Waals surface area contributed by atoms with Gasteiger partial charge in [0.25, 0.3) is 0 Å². The van der Waals surface area contributed by atoms with Crippen molar-refractivity contribution in [1.82, 2.24) is 19.5 Å². The molecule has 134 valence electrons. The number of amides is 1. The van der Waals surface area contributed by atoms with Crippen LogP contribution in [0.5, 0.6) is 0 Å². The molecule has 3 aromatic rings. The maximum atomic E-state index is 12.3. The van der Waals surface area contributed by atoms with Crippen molar-refractivity contribution in [3.05, 3.63) is 65.1 Å². The lowest BCUT2D eigenvalue weighted by atomic mass is 9.93. The number of fused-ring (bicyclic) bond motifs is 1. The smallest absolute Gasteiger partial charge is 0.410 e. The van der Waals surface area contributed by atoms with Crippen molar-refractivity contribution in [1.29, 1.82) is 0 Å². The topological polar surface area (TPSA) is 59.7 Å². The molecule has 1 saturated heterocycles. The fourth-order valence-electron chi connectivity index (χ4n) is 3.27. The molecule has 0 spiro atoms. The van der Waals surface area contributed by atoms with Crippen molar-refractivity contribution in [2.75, 3.05) is 13.1 Å². The van der Waals surface area contributed by atoms with E-state index in [-0.39, 0.29) is 12.0 Å². The van der Waals surface area contributed by atoms with Crippen LogP contribution >= 0.6 is 11.6 Å². The first-order valence-corrected chi connectivity index (χ1v) is 9.04. The number of rotatable bonds is 3. The van der Waals surface area contributed by atoms with Crippen LogP contribution in [-0.4, -0.2) is 38.7 Å². The molecular formula is C19H19ClN4O2. The predicted molar refractivity (Wildman–Crippen MR) is 98.2 cm³/mol. The Morgan fingerprint density at radius 2 is 1.96 bits per heavy atom. The van der Waals surface area contributed by atoms with E-state index in [1.807, 2.05) is 42.5 Å². The van der Waals surface area contributed by atoms with Crippen molar-refractivity contribution >= 4 is 23.3 Å². The zero-order valence-corrected chi connectivity index (χ0v) is 15.0. The minimum atomic E-state index is -0.260. The molecule has 7 heteroatoms. The molecule has 0 saturated carbocycles. The van der Waals surface area contributed by atoms with Crippen LogP contribution in [0.15, 0.2) is 48.7 Å². The van der Waals surface area contributed by atoms with Crippen LogP contribution in [0.2, 0.25) is 5.15 Å². The number of piperidine rings is 1. The summed E-state index contributed by atoms with van der Waals surface area (Å²) in [7, 11) is 0. The van der Waals surface area contributed by atoms with Crippen molar-refractivity contribution in [3.8, 4) is 0 Å². The Bertz CT molecular complexity index is 904. The average Bonchev–Trinajstić information content (AvgIpc) is 3.16. The van der Waals surface area contributed by atoms with Gasteiger partial charge in [-0.15, -0.1) is 0 Å². The van der Waals surface area contributed by atoms with Crippen LogP contribution < -0.4 is 0 Å². The molecule has 0 radical (unpaired) electrons. The lowest BCUT2D eigenvalue weighted by molar-refractivity contribution is 0.0868. The quantitative estimate of drug-likeness (QED) is 0.656. The van der Waals surface area contributed by atoms with Crippen molar-refractivity contribution in [2.45, 2.75) is 25.4 Å². The van der Waals surface area contributed by atoms with E-state index in [4.69, 9.17) is 16.3 Å². The number of hydrogen-bond donors (Lipinski definition) is 0. The Labute approximate surface area is 156 Å². The van der Waals surface area contributed by atoms with Crippen LogP contribution in [0.4, 0.5) is 4.79 Å². The number of nitrogens with zero attached hydrogens (tertiary/aromatic N) is 4. The zero-order chi connectivity index (χ0) is 17.9. The maximum Gasteiger partial charge on any atom is 0.410 e. The summed E-state index contributed by atoms with van der Waals surface area (Å²) in [5, 5.41) is 4.69.